The van der Waals surface area contributed by atoms with Crippen molar-refractivity contribution in [2.75, 3.05) is 19.8 Å². The molecule has 10 heteroatoms. The molecule has 0 bridgehead atoms. The summed E-state index contributed by atoms with van der Waals surface area (Å²) < 4.78 is 52.5. The Hall–Kier alpha value is -5.90. The Kier molecular flexibility index (Phi) is 13.6. The van der Waals surface area contributed by atoms with Crippen molar-refractivity contribution in [3.05, 3.63) is 132 Å². The van der Waals surface area contributed by atoms with Crippen molar-refractivity contribution in [1.82, 2.24) is 0 Å². The first-order valence-corrected chi connectivity index (χ1v) is 17.1. The third kappa shape index (κ3) is 11.1. The van der Waals surface area contributed by atoms with Crippen molar-refractivity contribution >= 4 is 11.9 Å². The van der Waals surface area contributed by atoms with E-state index in [1.807, 2.05) is 36.4 Å². The molecule has 52 heavy (non-hydrogen) atoms. The fourth-order valence-electron chi connectivity index (χ4n) is 5.52. The van der Waals surface area contributed by atoms with Crippen LogP contribution in [0.5, 0.6) is 23.0 Å². The van der Waals surface area contributed by atoms with E-state index >= 15 is 0 Å². The number of carboxylic acid groups (broad SMARTS) is 2. The van der Waals surface area contributed by atoms with Crippen molar-refractivity contribution in [2.45, 2.75) is 45.1 Å². The highest BCUT2D eigenvalue weighted by Gasteiger charge is 2.17. The molecule has 0 aromatic heterocycles. The Morgan fingerprint density at radius 1 is 0.519 bits per heavy atom. The van der Waals surface area contributed by atoms with Crippen LogP contribution in [-0.4, -0.2) is 42.0 Å². The lowest BCUT2D eigenvalue weighted by molar-refractivity contribution is -0.138. The van der Waals surface area contributed by atoms with Crippen LogP contribution in [0, 0.1) is 11.6 Å². The summed E-state index contributed by atoms with van der Waals surface area (Å²) >= 11 is 0. The van der Waals surface area contributed by atoms with Crippen molar-refractivity contribution < 1.29 is 47.5 Å². The van der Waals surface area contributed by atoms with Gasteiger partial charge in [0.2, 0.25) is 0 Å². The predicted octanol–water partition coefficient (Wildman–Crippen LogP) is 9.38. The van der Waals surface area contributed by atoms with E-state index in [9.17, 15) is 23.5 Å². The number of hydrogen-bond donors (Lipinski definition) is 2. The van der Waals surface area contributed by atoms with Gasteiger partial charge in [-0.3, -0.25) is 9.59 Å². The molecule has 0 fully saturated rings. The first-order valence-electron chi connectivity index (χ1n) is 17.1. The van der Waals surface area contributed by atoms with Crippen LogP contribution in [0.15, 0.2) is 109 Å². The summed E-state index contributed by atoms with van der Waals surface area (Å²) in [6, 6.07) is 30.9. The zero-order chi connectivity index (χ0) is 36.7. The Balaban J connectivity index is 1.33. The van der Waals surface area contributed by atoms with Gasteiger partial charge in [-0.15, -0.1) is 0 Å². The van der Waals surface area contributed by atoms with Gasteiger partial charge in [-0.1, -0.05) is 60.7 Å². The molecule has 0 unspecified atom stereocenters. The third-order valence-corrected chi connectivity index (χ3v) is 8.15. The Bertz CT molecular complexity index is 1910. The standard InChI is InChI=1S/C42H40F2O8/c43-32-17-13-30(14-18-32)35-26-36(31-15-19-33(44)20-16-31)40(52-28-29-8-2-1-3-9-29)27-39(35)51-25-7-24-50-38-11-6-10-37(34(38)21-22-42(47)48)49-23-5-4-12-41(45)46/h1-3,6,8-11,13-20,26-27H,4-5,7,12,21-25,28H2,(H,45,46)(H,47,48). The molecule has 2 N–H and O–H groups in total. The highest BCUT2D eigenvalue weighted by Crippen LogP contribution is 2.42. The minimum absolute atomic E-state index is 0.0479. The zero-order valence-corrected chi connectivity index (χ0v) is 28.6. The second-order valence-electron chi connectivity index (χ2n) is 12.0. The van der Waals surface area contributed by atoms with Crippen molar-refractivity contribution in [3.63, 3.8) is 0 Å². The van der Waals surface area contributed by atoms with E-state index in [2.05, 4.69) is 0 Å². The molecule has 5 aromatic carbocycles. The summed E-state index contributed by atoms with van der Waals surface area (Å²) in [6.07, 6.45) is 1.59. The number of halogens is 2. The maximum atomic E-state index is 13.9. The number of rotatable bonds is 20. The Labute approximate surface area is 301 Å². The molecule has 0 saturated heterocycles. The molecule has 270 valence electrons. The second kappa shape index (κ2) is 18.9. The summed E-state index contributed by atoms with van der Waals surface area (Å²) in [7, 11) is 0. The largest absolute Gasteiger partial charge is 0.493 e. The van der Waals surface area contributed by atoms with Crippen LogP contribution in [0.3, 0.4) is 0 Å². The van der Waals surface area contributed by atoms with Crippen LogP contribution in [0.25, 0.3) is 22.3 Å². The van der Waals surface area contributed by atoms with Crippen molar-refractivity contribution in [1.29, 1.82) is 0 Å². The molecule has 5 rings (SSSR count). The highest BCUT2D eigenvalue weighted by molar-refractivity contribution is 5.82. The van der Waals surface area contributed by atoms with Crippen LogP contribution < -0.4 is 18.9 Å². The molecule has 0 aliphatic rings. The minimum atomic E-state index is -0.954. The first kappa shape index (κ1) is 37.4. The maximum absolute atomic E-state index is 13.9. The minimum Gasteiger partial charge on any atom is -0.493 e. The van der Waals surface area contributed by atoms with E-state index in [0.29, 0.717) is 64.5 Å². The van der Waals surface area contributed by atoms with Crippen molar-refractivity contribution in [2.24, 2.45) is 0 Å². The number of hydrogen-bond acceptors (Lipinski definition) is 6. The molecule has 8 nitrogen and oxygen atoms in total. The van der Waals surface area contributed by atoms with Gasteiger partial charge in [0, 0.05) is 42.0 Å². The van der Waals surface area contributed by atoms with E-state index in [4.69, 9.17) is 24.1 Å². The SMILES string of the molecule is O=C(O)CCCCOc1cccc(OCCCOc2cc(OCc3ccccc3)c(-c3ccc(F)cc3)cc2-c2ccc(F)cc2)c1CCC(=O)O. The summed E-state index contributed by atoms with van der Waals surface area (Å²) in [5, 5.41) is 18.2. The molecule has 0 radical (unpaired) electrons. The molecule has 0 heterocycles. The van der Waals surface area contributed by atoms with Gasteiger partial charge in [0.1, 0.15) is 41.2 Å². The zero-order valence-electron chi connectivity index (χ0n) is 28.6. The summed E-state index contributed by atoms with van der Waals surface area (Å²) in [5.74, 6) is -0.540. The molecule has 0 amide bonds. The average Bonchev–Trinajstić information content (AvgIpc) is 3.14. The lowest BCUT2D eigenvalue weighted by Gasteiger charge is -2.19. The van der Waals surface area contributed by atoms with Crippen molar-refractivity contribution in [3.8, 4) is 45.3 Å². The topological polar surface area (TPSA) is 112 Å². The molecule has 5 aromatic rings. The lowest BCUT2D eigenvalue weighted by Crippen LogP contribution is -2.09. The molecular formula is C42H40F2O8. The molecule has 0 atom stereocenters. The van der Waals surface area contributed by atoms with Crippen LogP contribution >= 0.6 is 0 Å². The van der Waals surface area contributed by atoms with E-state index in [1.165, 1.54) is 24.3 Å². The molecular weight excluding hydrogens is 670 g/mol. The third-order valence-electron chi connectivity index (χ3n) is 8.15. The van der Waals surface area contributed by atoms with E-state index in [-0.39, 0.29) is 57.3 Å². The number of unbranched alkanes of at least 4 members (excludes halogenated alkanes) is 1. The van der Waals surface area contributed by atoms with E-state index < -0.39 is 11.9 Å². The summed E-state index contributed by atoms with van der Waals surface area (Å²) in [6.45, 7) is 1.07. The second-order valence-corrected chi connectivity index (χ2v) is 12.0. The van der Waals surface area contributed by atoms with Gasteiger partial charge >= 0.3 is 11.9 Å². The monoisotopic (exact) mass is 710 g/mol. The van der Waals surface area contributed by atoms with E-state index in [0.717, 1.165) is 11.1 Å². The smallest absolute Gasteiger partial charge is 0.303 e. The van der Waals surface area contributed by atoms with Gasteiger partial charge in [-0.25, -0.2) is 8.78 Å². The number of benzene rings is 5. The predicted molar refractivity (Wildman–Crippen MR) is 193 cm³/mol. The Morgan fingerprint density at radius 2 is 1.04 bits per heavy atom. The number of ether oxygens (including phenoxy) is 4. The number of carboxylic acids is 2. The number of carbonyl (C=O) groups is 2. The molecule has 0 saturated carbocycles. The Morgan fingerprint density at radius 3 is 1.60 bits per heavy atom. The fraction of sp³-hybridized carbons (Fsp3) is 0.238. The van der Waals surface area contributed by atoms with Gasteiger partial charge < -0.3 is 29.2 Å². The van der Waals surface area contributed by atoms with Crippen LogP contribution in [-0.2, 0) is 22.6 Å². The van der Waals surface area contributed by atoms with Gasteiger partial charge in [0.25, 0.3) is 0 Å². The summed E-state index contributed by atoms with van der Waals surface area (Å²) in [4.78, 5) is 22.2. The van der Waals surface area contributed by atoms with Gasteiger partial charge in [-0.2, -0.15) is 0 Å². The lowest BCUT2D eigenvalue weighted by atomic mass is 9.97. The van der Waals surface area contributed by atoms with Gasteiger partial charge in [0.15, 0.2) is 0 Å². The van der Waals surface area contributed by atoms with Crippen LogP contribution in [0.1, 0.15) is 43.2 Å². The quantitative estimate of drug-likeness (QED) is 0.0769. The first-order chi connectivity index (χ1) is 25.3. The van der Waals surface area contributed by atoms with Gasteiger partial charge in [-0.05, 0) is 78.4 Å². The fourth-order valence-corrected chi connectivity index (χ4v) is 5.52. The number of aliphatic carboxylic acids is 2. The molecule has 0 aliphatic heterocycles. The average molecular weight is 711 g/mol. The normalized spacial score (nSPS) is 10.8. The van der Waals surface area contributed by atoms with Crippen LogP contribution in [0.4, 0.5) is 8.78 Å². The summed E-state index contributed by atoms with van der Waals surface area (Å²) in [5.41, 5.74) is 4.44. The molecule has 0 aliphatic carbocycles. The van der Waals surface area contributed by atoms with E-state index in [1.54, 1.807) is 48.5 Å². The molecule has 0 spiro atoms. The highest BCUT2D eigenvalue weighted by atomic mass is 19.1. The van der Waals surface area contributed by atoms with Crippen LogP contribution in [0.2, 0.25) is 0 Å². The maximum Gasteiger partial charge on any atom is 0.303 e. The van der Waals surface area contributed by atoms with Gasteiger partial charge in [0.05, 0.1) is 19.8 Å².